The van der Waals surface area contributed by atoms with E-state index in [1.54, 1.807) is 25.3 Å². The van der Waals surface area contributed by atoms with Crippen molar-refractivity contribution in [3.05, 3.63) is 102 Å². The number of carbonyl (C=O) groups excluding carboxylic acids is 1. The number of halogens is 1. The van der Waals surface area contributed by atoms with Gasteiger partial charge in [0.2, 0.25) is 17.7 Å². The molecular formula is C24H20FN3O3. The minimum Gasteiger partial charge on any atom is -0.497 e. The van der Waals surface area contributed by atoms with E-state index < -0.39 is 6.04 Å². The number of hydrogen-bond acceptors (Lipinski definition) is 5. The average molecular weight is 417 g/mol. The smallest absolute Gasteiger partial charge is 0.247 e. The Morgan fingerprint density at radius 2 is 1.81 bits per heavy atom. The molecule has 0 saturated carbocycles. The monoisotopic (exact) mass is 417 g/mol. The van der Waals surface area contributed by atoms with E-state index in [2.05, 4.69) is 15.5 Å². The van der Waals surface area contributed by atoms with E-state index >= 15 is 0 Å². The van der Waals surface area contributed by atoms with E-state index in [0.717, 1.165) is 11.1 Å². The van der Waals surface area contributed by atoms with Gasteiger partial charge in [-0.15, -0.1) is 10.2 Å². The fourth-order valence-electron chi connectivity index (χ4n) is 3.17. The second-order valence-electron chi connectivity index (χ2n) is 6.89. The van der Waals surface area contributed by atoms with Crippen LogP contribution in [0.25, 0.3) is 11.5 Å². The Morgan fingerprint density at radius 1 is 1.03 bits per heavy atom. The lowest BCUT2D eigenvalue weighted by atomic mass is 10.1. The molecule has 0 fully saturated rings. The molecule has 0 aliphatic rings. The summed E-state index contributed by atoms with van der Waals surface area (Å²) in [5.74, 6) is 0.599. The molecule has 1 unspecified atom stereocenters. The third-order valence-electron chi connectivity index (χ3n) is 4.72. The van der Waals surface area contributed by atoms with Gasteiger partial charge in [0, 0.05) is 5.56 Å². The zero-order valence-corrected chi connectivity index (χ0v) is 16.8. The topological polar surface area (TPSA) is 77.2 Å². The van der Waals surface area contributed by atoms with Crippen molar-refractivity contribution in [2.45, 2.75) is 12.5 Å². The SMILES string of the molecule is COc1cccc(CC(=O)NC(c2ccc(F)cc2)c2nnc(-c3ccccc3)o2)c1. The fraction of sp³-hybridized carbons (Fsp3) is 0.125. The van der Waals surface area contributed by atoms with Gasteiger partial charge in [-0.3, -0.25) is 4.79 Å². The Kier molecular flexibility index (Phi) is 6.03. The largest absolute Gasteiger partial charge is 0.497 e. The number of rotatable bonds is 7. The maximum absolute atomic E-state index is 13.4. The molecule has 0 saturated heterocycles. The predicted molar refractivity (Wildman–Crippen MR) is 113 cm³/mol. The number of carbonyl (C=O) groups is 1. The average Bonchev–Trinajstić information content (AvgIpc) is 3.29. The molecule has 1 aromatic heterocycles. The second kappa shape index (κ2) is 9.21. The lowest BCUT2D eigenvalue weighted by Gasteiger charge is -2.16. The van der Waals surface area contributed by atoms with Gasteiger partial charge in [-0.05, 0) is 47.5 Å². The second-order valence-corrected chi connectivity index (χ2v) is 6.89. The highest BCUT2D eigenvalue weighted by molar-refractivity contribution is 5.79. The standard InChI is InChI=1S/C24H20FN3O3/c1-30-20-9-5-6-16(14-20)15-21(29)26-22(17-10-12-19(25)13-11-17)24-28-27-23(31-24)18-7-3-2-4-8-18/h2-14,22H,15H2,1H3,(H,26,29). The van der Waals surface area contributed by atoms with Crippen molar-refractivity contribution in [2.24, 2.45) is 0 Å². The van der Waals surface area contributed by atoms with Crippen molar-refractivity contribution in [1.29, 1.82) is 0 Å². The molecule has 156 valence electrons. The summed E-state index contributed by atoms with van der Waals surface area (Å²) >= 11 is 0. The number of hydrogen-bond donors (Lipinski definition) is 1. The molecule has 3 aromatic carbocycles. The molecule has 0 spiro atoms. The van der Waals surface area contributed by atoms with Gasteiger partial charge in [0.15, 0.2) is 0 Å². The molecule has 0 aliphatic heterocycles. The van der Waals surface area contributed by atoms with Crippen molar-refractivity contribution >= 4 is 5.91 Å². The summed E-state index contributed by atoms with van der Waals surface area (Å²) in [5, 5.41) is 11.2. The van der Waals surface area contributed by atoms with E-state index in [1.165, 1.54) is 12.1 Å². The Bertz CT molecular complexity index is 1160. The van der Waals surface area contributed by atoms with Crippen LogP contribution < -0.4 is 10.1 Å². The first kappa shape index (κ1) is 20.3. The lowest BCUT2D eigenvalue weighted by Crippen LogP contribution is -2.30. The summed E-state index contributed by atoms with van der Waals surface area (Å²) in [4.78, 5) is 12.8. The number of methoxy groups -OCH3 is 1. The Morgan fingerprint density at radius 3 is 2.55 bits per heavy atom. The number of benzene rings is 3. The Labute approximate surface area is 178 Å². The van der Waals surface area contributed by atoms with E-state index in [0.29, 0.717) is 17.2 Å². The van der Waals surface area contributed by atoms with Crippen LogP contribution in [0.4, 0.5) is 4.39 Å². The van der Waals surface area contributed by atoms with Crippen LogP contribution >= 0.6 is 0 Å². The fourth-order valence-corrected chi connectivity index (χ4v) is 3.17. The van der Waals surface area contributed by atoms with Crippen molar-refractivity contribution in [1.82, 2.24) is 15.5 Å². The minimum atomic E-state index is -0.719. The van der Waals surface area contributed by atoms with Crippen molar-refractivity contribution < 1.29 is 18.3 Å². The maximum atomic E-state index is 13.4. The van der Waals surface area contributed by atoms with Gasteiger partial charge in [0.1, 0.15) is 17.6 Å². The molecule has 0 bridgehead atoms. The van der Waals surface area contributed by atoms with Crippen molar-refractivity contribution in [3.63, 3.8) is 0 Å². The van der Waals surface area contributed by atoms with Crippen LogP contribution in [0.3, 0.4) is 0 Å². The summed E-state index contributed by atoms with van der Waals surface area (Å²) in [7, 11) is 1.57. The molecule has 1 amide bonds. The molecule has 0 aliphatic carbocycles. The van der Waals surface area contributed by atoms with Crippen LogP contribution in [0.1, 0.15) is 23.1 Å². The zero-order valence-electron chi connectivity index (χ0n) is 16.8. The normalized spacial score (nSPS) is 11.7. The summed E-state index contributed by atoms with van der Waals surface area (Å²) < 4.78 is 24.5. The lowest BCUT2D eigenvalue weighted by molar-refractivity contribution is -0.121. The Hall–Kier alpha value is -4.00. The van der Waals surface area contributed by atoms with E-state index in [-0.39, 0.29) is 24.0 Å². The number of ether oxygens (including phenoxy) is 1. The number of nitrogens with zero attached hydrogens (tertiary/aromatic N) is 2. The highest BCUT2D eigenvalue weighted by Crippen LogP contribution is 2.25. The molecule has 4 aromatic rings. The molecule has 7 heteroatoms. The van der Waals surface area contributed by atoms with Gasteiger partial charge in [-0.25, -0.2) is 4.39 Å². The van der Waals surface area contributed by atoms with Gasteiger partial charge >= 0.3 is 0 Å². The van der Waals surface area contributed by atoms with Crippen LogP contribution in [-0.4, -0.2) is 23.2 Å². The predicted octanol–water partition coefficient (Wildman–Crippen LogP) is 4.33. The zero-order chi connectivity index (χ0) is 21.6. The van der Waals surface area contributed by atoms with Crippen LogP contribution in [0.15, 0.2) is 83.3 Å². The van der Waals surface area contributed by atoms with Gasteiger partial charge in [0.05, 0.1) is 13.5 Å². The first-order valence-corrected chi connectivity index (χ1v) is 9.69. The maximum Gasteiger partial charge on any atom is 0.247 e. The van der Waals surface area contributed by atoms with Crippen LogP contribution in [0.5, 0.6) is 5.75 Å². The first-order valence-electron chi connectivity index (χ1n) is 9.69. The van der Waals surface area contributed by atoms with Gasteiger partial charge in [-0.2, -0.15) is 0 Å². The molecule has 31 heavy (non-hydrogen) atoms. The molecule has 6 nitrogen and oxygen atoms in total. The summed E-state index contributed by atoms with van der Waals surface area (Å²) in [6.07, 6.45) is 0.134. The van der Waals surface area contributed by atoms with E-state index in [9.17, 15) is 9.18 Å². The van der Waals surface area contributed by atoms with Crippen LogP contribution in [0.2, 0.25) is 0 Å². The van der Waals surface area contributed by atoms with Crippen LogP contribution in [0, 0.1) is 5.82 Å². The molecule has 0 radical (unpaired) electrons. The third-order valence-corrected chi connectivity index (χ3v) is 4.72. The Balaban J connectivity index is 1.60. The first-order chi connectivity index (χ1) is 15.1. The van der Waals surface area contributed by atoms with E-state index in [1.807, 2.05) is 48.5 Å². The molecule has 1 N–H and O–H groups in total. The van der Waals surface area contributed by atoms with Gasteiger partial charge < -0.3 is 14.5 Å². The highest BCUT2D eigenvalue weighted by atomic mass is 19.1. The van der Waals surface area contributed by atoms with Crippen molar-refractivity contribution in [3.8, 4) is 17.2 Å². The molecule has 1 heterocycles. The molecular weight excluding hydrogens is 397 g/mol. The number of aromatic nitrogens is 2. The number of nitrogens with one attached hydrogen (secondary N) is 1. The van der Waals surface area contributed by atoms with Gasteiger partial charge in [0.25, 0.3) is 0 Å². The van der Waals surface area contributed by atoms with E-state index in [4.69, 9.17) is 9.15 Å². The quantitative estimate of drug-likeness (QED) is 0.484. The summed E-state index contributed by atoms with van der Waals surface area (Å²) in [6, 6.07) is 21.7. The third kappa shape index (κ3) is 4.95. The summed E-state index contributed by atoms with van der Waals surface area (Å²) in [6.45, 7) is 0. The number of amides is 1. The van der Waals surface area contributed by atoms with Crippen LogP contribution in [-0.2, 0) is 11.2 Å². The van der Waals surface area contributed by atoms with Crippen molar-refractivity contribution in [2.75, 3.05) is 7.11 Å². The molecule has 1 atom stereocenters. The molecule has 4 rings (SSSR count). The summed E-state index contributed by atoms with van der Waals surface area (Å²) in [5.41, 5.74) is 2.19. The van der Waals surface area contributed by atoms with Gasteiger partial charge in [-0.1, -0.05) is 42.5 Å². The highest BCUT2D eigenvalue weighted by Gasteiger charge is 2.23. The minimum absolute atomic E-state index is 0.134.